The van der Waals surface area contributed by atoms with Crippen molar-refractivity contribution >= 4 is 45.7 Å². The lowest BCUT2D eigenvalue weighted by atomic mass is 11.3. The van der Waals surface area contributed by atoms with E-state index in [1.54, 1.807) is 0 Å². The van der Waals surface area contributed by atoms with Gasteiger partial charge in [-0.25, -0.2) is 0 Å². The van der Waals surface area contributed by atoms with Gasteiger partial charge in [0.15, 0.2) is 0 Å². The highest BCUT2D eigenvalue weighted by molar-refractivity contribution is 14.1. The molecule has 0 saturated carbocycles. The maximum absolute atomic E-state index is 5.40. The van der Waals surface area contributed by atoms with Gasteiger partial charge in [-0.1, -0.05) is 0 Å². The first-order valence-electron chi connectivity index (χ1n) is 1.44. The molecule has 0 saturated heterocycles. The Morgan fingerprint density at radius 1 is 1.71 bits per heavy atom. The molecule has 0 aliphatic heterocycles. The fourth-order valence-electron chi connectivity index (χ4n) is 0.189. The second kappa shape index (κ2) is 2.23. The molecule has 38 valence electrons. The lowest BCUT2D eigenvalue weighted by molar-refractivity contribution is 1.25. The third kappa shape index (κ3) is 1.50. The van der Waals surface area contributed by atoms with Crippen LogP contribution in [0.2, 0.25) is 4.47 Å². The fraction of sp³-hybridized carbons (Fsp3) is 0. The number of halogens is 2. The van der Waals surface area contributed by atoms with Gasteiger partial charge in [-0.3, -0.25) is 0 Å². The first-order chi connectivity index (χ1) is 3.29. The first-order valence-corrected chi connectivity index (χ1v) is 3.67. The van der Waals surface area contributed by atoms with Gasteiger partial charge in [0.2, 0.25) is 8.30 Å². The monoisotopic (exact) mass is 246 g/mol. The second-order valence-electron chi connectivity index (χ2n) is 0.816. The van der Waals surface area contributed by atoms with Crippen molar-refractivity contribution in [3.63, 3.8) is 0 Å². The molecule has 2 nitrogen and oxygen atoms in total. The fourth-order valence-corrected chi connectivity index (χ4v) is 1.53. The van der Waals surface area contributed by atoms with Gasteiger partial charge in [0.25, 0.3) is 0 Å². The number of hydrogen-bond donors (Lipinski definition) is 0. The van der Waals surface area contributed by atoms with Crippen molar-refractivity contribution in [3.8, 4) is 0 Å². The van der Waals surface area contributed by atoms with Crippen molar-refractivity contribution in [2.75, 3.05) is 0 Å². The van der Waals surface area contributed by atoms with Gasteiger partial charge in [-0.2, -0.15) is 9.36 Å². The first kappa shape index (κ1) is 5.71. The molecule has 0 aromatic carbocycles. The van der Waals surface area contributed by atoms with Gasteiger partial charge in [0, 0.05) is 22.6 Å². The van der Waals surface area contributed by atoms with Crippen LogP contribution in [0.5, 0.6) is 0 Å². The molecule has 0 fully saturated rings. The molecule has 0 aliphatic carbocycles. The Hall–Kier alpha value is 0.580. The molecule has 0 N–H and O–H groups in total. The Morgan fingerprint density at radius 3 is 2.57 bits per heavy atom. The zero-order valence-corrected chi connectivity index (χ0v) is 6.79. The van der Waals surface area contributed by atoms with E-state index in [9.17, 15) is 0 Å². The summed E-state index contributed by atoms with van der Waals surface area (Å²) in [5.41, 5.74) is 0. The van der Waals surface area contributed by atoms with E-state index in [0.29, 0.717) is 8.30 Å². The van der Waals surface area contributed by atoms with Gasteiger partial charge >= 0.3 is 0 Å². The van der Waals surface area contributed by atoms with Gasteiger partial charge in [0.1, 0.15) is 0 Å². The minimum absolute atomic E-state index is 0.504. The summed E-state index contributed by atoms with van der Waals surface area (Å²) in [6, 6.07) is 0. The van der Waals surface area contributed by atoms with Crippen molar-refractivity contribution < 1.29 is 0 Å². The molecule has 7 heavy (non-hydrogen) atoms. The van der Waals surface area contributed by atoms with E-state index in [0.717, 1.165) is 0 Å². The summed E-state index contributed by atoms with van der Waals surface area (Å²) in [7, 11) is 0. The highest BCUT2D eigenvalue weighted by Gasteiger charge is 1.92. The maximum atomic E-state index is 5.40. The van der Waals surface area contributed by atoms with Crippen LogP contribution >= 0.6 is 45.7 Å². The average Bonchev–Trinajstić information content (AvgIpc) is 1.87. The van der Waals surface area contributed by atoms with Crippen LogP contribution in [-0.4, -0.2) is 9.36 Å². The Morgan fingerprint density at radius 2 is 2.43 bits per heavy atom. The topological polar surface area (TPSA) is 25.8 Å². The van der Waals surface area contributed by atoms with Crippen LogP contribution in [0.1, 0.15) is 0 Å². The minimum atomic E-state index is 0.504. The van der Waals surface area contributed by atoms with Crippen molar-refractivity contribution in [2.45, 2.75) is 0 Å². The molecular weight excluding hydrogens is 246 g/mol. The van der Waals surface area contributed by atoms with Crippen molar-refractivity contribution in [3.05, 3.63) is 8.30 Å². The second-order valence-corrected chi connectivity index (χ2v) is 3.12. The summed E-state index contributed by atoms with van der Waals surface area (Å²) in [5, 5.41) is 0. The highest BCUT2D eigenvalue weighted by atomic mass is 127. The molecule has 1 rings (SSSR count). The molecule has 1 aromatic heterocycles. The van der Waals surface area contributed by atoms with Gasteiger partial charge in [0.05, 0.1) is 0 Å². The standard InChI is InChI=1S/C2ClIN2S/c3-1-5-2(4)6-7-1. The SMILES string of the molecule is Clc1nc(I)ns1. The van der Waals surface area contributed by atoms with E-state index >= 15 is 0 Å². The van der Waals surface area contributed by atoms with E-state index in [2.05, 4.69) is 9.36 Å². The maximum Gasteiger partial charge on any atom is 0.204 e. The lowest BCUT2D eigenvalue weighted by Crippen LogP contribution is -1.66. The summed E-state index contributed by atoms with van der Waals surface area (Å²) in [5.74, 6) is 0. The Bertz CT molecular complexity index is 148. The largest absolute Gasteiger partial charge is 0.204 e. The molecule has 1 heterocycles. The predicted molar refractivity (Wildman–Crippen MR) is 37.6 cm³/mol. The number of rotatable bonds is 0. The van der Waals surface area contributed by atoms with E-state index in [-0.39, 0.29) is 0 Å². The third-order valence-corrected chi connectivity index (χ3v) is 1.98. The van der Waals surface area contributed by atoms with Crippen LogP contribution in [0, 0.1) is 3.83 Å². The Kier molecular flexibility index (Phi) is 1.82. The van der Waals surface area contributed by atoms with Crippen molar-refractivity contribution in [2.24, 2.45) is 0 Å². The molecule has 0 radical (unpaired) electrons. The number of aromatic nitrogens is 2. The highest BCUT2D eigenvalue weighted by Crippen LogP contribution is 2.11. The van der Waals surface area contributed by atoms with Crippen LogP contribution < -0.4 is 0 Å². The zero-order chi connectivity index (χ0) is 5.28. The molecule has 5 heteroatoms. The van der Waals surface area contributed by atoms with E-state index in [1.165, 1.54) is 11.5 Å². The molecule has 1 aromatic rings. The molecule has 0 amide bonds. The van der Waals surface area contributed by atoms with E-state index in [1.807, 2.05) is 22.6 Å². The molecule has 0 atom stereocenters. The van der Waals surface area contributed by atoms with Gasteiger partial charge in [-0.05, 0) is 23.1 Å². The Labute approximate surface area is 63.2 Å². The number of nitrogens with zero attached hydrogens (tertiary/aromatic N) is 2. The predicted octanol–water partition coefficient (Wildman–Crippen LogP) is 1.80. The van der Waals surface area contributed by atoms with Crippen LogP contribution in [0.25, 0.3) is 0 Å². The molecule has 0 unspecified atom stereocenters. The molecular formula is C2ClIN2S. The van der Waals surface area contributed by atoms with E-state index < -0.39 is 0 Å². The Balaban J connectivity index is 3.04. The lowest BCUT2D eigenvalue weighted by Gasteiger charge is -1.63. The zero-order valence-electron chi connectivity index (χ0n) is 3.06. The summed E-state index contributed by atoms with van der Waals surface area (Å²) in [4.78, 5) is 3.77. The van der Waals surface area contributed by atoms with Gasteiger partial charge in [-0.15, -0.1) is 0 Å². The van der Waals surface area contributed by atoms with Gasteiger partial charge < -0.3 is 0 Å². The normalized spacial score (nSPS) is 9.43. The van der Waals surface area contributed by atoms with Crippen LogP contribution in [-0.2, 0) is 0 Å². The van der Waals surface area contributed by atoms with Crippen LogP contribution in [0.15, 0.2) is 0 Å². The quantitative estimate of drug-likeness (QED) is 0.652. The van der Waals surface area contributed by atoms with E-state index in [4.69, 9.17) is 11.6 Å². The van der Waals surface area contributed by atoms with Crippen molar-refractivity contribution in [1.29, 1.82) is 0 Å². The summed E-state index contributed by atoms with van der Waals surface area (Å²) >= 11 is 8.61. The third-order valence-electron chi connectivity index (χ3n) is 0.376. The average molecular weight is 246 g/mol. The summed E-state index contributed by atoms with van der Waals surface area (Å²) < 4.78 is 5.02. The minimum Gasteiger partial charge on any atom is -0.198 e. The smallest absolute Gasteiger partial charge is 0.198 e. The summed E-state index contributed by atoms with van der Waals surface area (Å²) in [6.07, 6.45) is 0. The molecule has 0 aliphatic rings. The molecule has 0 bridgehead atoms. The summed E-state index contributed by atoms with van der Waals surface area (Å²) in [6.45, 7) is 0. The van der Waals surface area contributed by atoms with Crippen LogP contribution in [0.3, 0.4) is 0 Å². The van der Waals surface area contributed by atoms with Crippen LogP contribution in [0.4, 0.5) is 0 Å². The molecule has 0 spiro atoms. The van der Waals surface area contributed by atoms with Crippen molar-refractivity contribution in [1.82, 2.24) is 9.36 Å². The number of hydrogen-bond acceptors (Lipinski definition) is 3.